The molecule has 0 saturated carbocycles. The van der Waals surface area contributed by atoms with E-state index in [2.05, 4.69) is 4.74 Å². The zero-order valence-electron chi connectivity index (χ0n) is 10.9. The Morgan fingerprint density at radius 1 is 1.06 bits per heavy atom. The van der Waals surface area contributed by atoms with Crippen LogP contribution in [0, 0.1) is 0 Å². The maximum atomic E-state index is 11.5. The quantitative estimate of drug-likeness (QED) is 0.787. The number of esters is 1. The van der Waals surface area contributed by atoms with Gasteiger partial charge in [-0.25, -0.2) is 4.79 Å². The minimum absolute atomic E-state index is 0.407. The molecule has 0 unspecified atom stereocenters. The summed E-state index contributed by atoms with van der Waals surface area (Å²) in [6.45, 7) is 0. The summed E-state index contributed by atoms with van der Waals surface area (Å²) in [5, 5.41) is 0. The van der Waals surface area contributed by atoms with Crippen LogP contribution in [0.4, 0.5) is 0 Å². The molecule has 6 nitrogen and oxygen atoms in total. The number of rotatable bonds is 5. The van der Waals surface area contributed by atoms with Crippen LogP contribution < -0.4 is 19.9 Å². The molecular weight excluding hydrogens is 238 g/mol. The second kappa shape index (κ2) is 6.11. The van der Waals surface area contributed by atoms with E-state index in [-0.39, 0.29) is 0 Å². The number of nitrogens with two attached hydrogens (primary N) is 1. The van der Waals surface area contributed by atoms with Crippen LogP contribution in [-0.4, -0.2) is 34.4 Å². The van der Waals surface area contributed by atoms with Gasteiger partial charge in [-0.15, -0.1) is 0 Å². The van der Waals surface area contributed by atoms with E-state index in [1.54, 1.807) is 12.1 Å². The van der Waals surface area contributed by atoms with Crippen molar-refractivity contribution in [1.82, 2.24) is 0 Å². The van der Waals surface area contributed by atoms with Crippen molar-refractivity contribution in [3.8, 4) is 17.2 Å². The molecule has 18 heavy (non-hydrogen) atoms. The molecule has 2 N–H and O–H groups in total. The third-order valence-corrected chi connectivity index (χ3v) is 2.52. The number of carbonyl (C=O) groups is 1. The standard InChI is InChI=1S/C12H17NO5/c1-15-7-5-8(16-2)10(9(6-7)17-3)11(13)12(14)18-4/h5-6,11H,13H2,1-4H3/t11-/m1/s1. The average molecular weight is 255 g/mol. The van der Waals surface area contributed by atoms with Crippen LogP contribution in [-0.2, 0) is 9.53 Å². The van der Waals surface area contributed by atoms with Crippen molar-refractivity contribution in [1.29, 1.82) is 0 Å². The van der Waals surface area contributed by atoms with Gasteiger partial charge in [-0.3, -0.25) is 0 Å². The SMILES string of the molecule is COC(=O)[C@H](N)c1c(OC)cc(OC)cc1OC. The highest BCUT2D eigenvalue weighted by atomic mass is 16.5. The highest BCUT2D eigenvalue weighted by Gasteiger charge is 2.25. The Balaban J connectivity index is 3.35. The first-order valence-corrected chi connectivity index (χ1v) is 5.22. The summed E-state index contributed by atoms with van der Waals surface area (Å²) in [7, 11) is 5.74. The third kappa shape index (κ3) is 2.65. The Hall–Kier alpha value is -1.95. The van der Waals surface area contributed by atoms with E-state index >= 15 is 0 Å². The largest absolute Gasteiger partial charge is 0.496 e. The topological polar surface area (TPSA) is 80.0 Å². The minimum atomic E-state index is -0.981. The highest BCUT2D eigenvalue weighted by Crippen LogP contribution is 2.37. The minimum Gasteiger partial charge on any atom is -0.496 e. The van der Waals surface area contributed by atoms with E-state index in [1.807, 2.05) is 0 Å². The molecule has 0 spiro atoms. The van der Waals surface area contributed by atoms with Gasteiger partial charge in [-0.2, -0.15) is 0 Å². The second-order valence-electron chi connectivity index (χ2n) is 3.45. The lowest BCUT2D eigenvalue weighted by molar-refractivity contribution is -0.142. The first-order chi connectivity index (χ1) is 8.58. The number of methoxy groups -OCH3 is 4. The Morgan fingerprint density at radius 2 is 1.56 bits per heavy atom. The van der Waals surface area contributed by atoms with Crippen LogP contribution in [0.15, 0.2) is 12.1 Å². The van der Waals surface area contributed by atoms with Gasteiger partial charge in [0.1, 0.15) is 23.3 Å². The van der Waals surface area contributed by atoms with Gasteiger partial charge in [-0.05, 0) is 0 Å². The van der Waals surface area contributed by atoms with Crippen molar-refractivity contribution in [3.63, 3.8) is 0 Å². The summed E-state index contributed by atoms with van der Waals surface area (Å²) in [6.07, 6.45) is 0. The zero-order chi connectivity index (χ0) is 13.7. The maximum Gasteiger partial charge on any atom is 0.327 e. The van der Waals surface area contributed by atoms with Crippen LogP contribution >= 0.6 is 0 Å². The molecule has 0 aliphatic carbocycles. The summed E-state index contributed by atoms with van der Waals surface area (Å²) in [5.41, 5.74) is 6.24. The predicted molar refractivity (Wildman–Crippen MR) is 65.0 cm³/mol. The van der Waals surface area contributed by atoms with Crippen molar-refractivity contribution in [2.45, 2.75) is 6.04 Å². The van der Waals surface area contributed by atoms with Crippen molar-refractivity contribution < 1.29 is 23.7 Å². The zero-order valence-corrected chi connectivity index (χ0v) is 10.9. The molecular formula is C12H17NO5. The molecule has 0 aliphatic heterocycles. The number of carbonyl (C=O) groups excluding carboxylic acids is 1. The van der Waals surface area contributed by atoms with Gasteiger partial charge in [0.25, 0.3) is 0 Å². The van der Waals surface area contributed by atoms with E-state index in [9.17, 15) is 4.79 Å². The molecule has 1 aromatic rings. The normalized spacial score (nSPS) is 11.6. The molecule has 0 saturated heterocycles. The number of hydrogen-bond donors (Lipinski definition) is 1. The van der Waals surface area contributed by atoms with Crippen molar-refractivity contribution in [3.05, 3.63) is 17.7 Å². The van der Waals surface area contributed by atoms with Crippen molar-refractivity contribution in [2.75, 3.05) is 28.4 Å². The average Bonchev–Trinajstić information content (AvgIpc) is 2.43. The van der Waals surface area contributed by atoms with Crippen molar-refractivity contribution in [2.24, 2.45) is 5.73 Å². The van der Waals surface area contributed by atoms with Crippen LogP contribution in [0.2, 0.25) is 0 Å². The van der Waals surface area contributed by atoms with Gasteiger partial charge < -0.3 is 24.7 Å². The van der Waals surface area contributed by atoms with Crippen LogP contribution in [0.25, 0.3) is 0 Å². The Kier molecular flexibility index (Phi) is 4.79. The molecule has 1 aromatic carbocycles. The number of hydrogen-bond acceptors (Lipinski definition) is 6. The van der Waals surface area contributed by atoms with E-state index in [1.165, 1.54) is 28.4 Å². The van der Waals surface area contributed by atoms with E-state index in [0.717, 1.165) is 0 Å². The molecule has 1 rings (SSSR count). The molecule has 0 aromatic heterocycles. The molecule has 1 atom stereocenters. The van der Waals surface area contributed by atoms with E-state index in [0.29, 0.717) is 22.8 Å². The summed E-state index contributed by atoms with van der Waals surface area (Å²) in [5.74, 6) is 0.787. The monoisotopic (exact) mass is 255 g/mol. The lowest BCUT2D eigenvalue weighted by Crippen LogP contribution is -2.23. The summed E-state index contributed by atoms with van der Waals surface area (Å²) < 4.78 is 20.1. The van der Waals surface area contributed by atoms with Gasteiger partial charge in [0, 0.05) is 12.1 Å². The molecule has 0 aliphatic rings. The van der Waals surface area contributed by atoms with Crippen LogP contribution in [0.1, 0.15) is 11.6 Å². The van der Waals surface area contributed by atoms with Gasteiger partial charge in [0.2, 0.25) is 0 Å². The fourth-order valence-electron chi connectivity index (χ4n) is 1.58. The molecule has 0 bridgehead atoms. The summed E-state index contributed by atoms with van der Waals surface area (Å²) >= 11 is 0. The number of ether oxygens (including phenoxy) is 4. The summed E-state index contributed by atoms with van der Waals surface area (Å²) in [4.78, 5) is 11.5. The fourth-order valence-corrected chi connectivity index (χ4v) is 1.58. The Labute approximate surface area is 106 Å². The van der Waals surface area contributed by atoms with Gasteiger partial charge >= 0.3 is 5.97 Å². The summed E-state index contributed by atoms with van der Waals surface area (Å²) in [6, 6.07) is 2.27. The second-order valence-corrected chi connectivity index (χ2v) is 3.45. The smallest absolute Gasteiger partial charge is 0.327 e. The molecule has 0 fully saturated rings. The Morgan fingerprint density at radius 3 is 1.89 bits per heavy atom. The molecule has 6 heteroatoms. The third-order valence-electron chi connectivity index (χ3n) is 2.52. The van der Waals surface area contributed by atoms with Crippen LogP contribution in [0.3, 0.4) is 0 Å². The first kappa shape index (κ1) is 14.1. The lowest BCUT2D eigenvalue weighted by Gasteiger charge is -2.18. The molecule has 0 heterocycles. The molecule has 0 amide bonds. The maximum absolute atomic E-state index is 11.5. The highest BCUT2D eigenvalue weighted by molar-refractivity contribution is 5.80. The molecule has 0 radical (unpaired) electrons. The predicted octanol–water partition coefficient (Wildman–Crippen LogP) is 0.885. The van der Waals surface area contributed by atoms with E-state index < -0.39 is 12.0 Å². The van der Waals surface area contributed by atoms with E-state index in [4.69, 9.17) is 19.9 Å². The van der Waals surface area contributed by atoms with Crippen molar-refractivity contribution >= 4 is 5.97 Å². The van der Waals surface area contributed by atoms with Gasteiger partial charge in [0.15, 0.2) is 0 Å². The van der Waals surface area contributed by atoms with Gasteiger partial charge in [-0.1, -0.05) is 0 Å². The fraction of sp³-hybridized carbons (Fsp3) is 0.417. The Bertz CT molecular complexity index is 407. The van der Waals surface area contributed by atoms with Gasteiger partial charge in [0.05, 0.1) is 34.0 Å². The number of benzene rings is 1. The lowest BCUT2D eigenvalue weighted by atomic mass is 10.0. The van der Waals surface area contributed by atoms with Crippen LogP contribution in [0.5, 0.6) is 17.2 Å². The molecule has 100 valence electrons. The first-order valence-electron chi connectivity index (χ1n) is 5.22.